The molecule has 0 unspecified atom stereocenters. The smallest absolute Gasteiger partial charge is 0.327 e. The molecule has 0 spiro atoms. The van der Waals surface area contributed by atoms with Crippen LogP contribution < -0.4 is 25.4 Å². The van der Waals surface area contributed by atoms with Crippen LogP contribution in [0.1, 0.15) is 18.4 Å². The summed E-state index contributed by atoms with van der Waals surface area (Å²) in [5.74, 6) is 0.953. The second-order valence-electron chi connectivity index (χ2n) is 6.80. The van der Waals surface area contributed by atoms with Crippen LogP contribution in [-0.4, -0.2) is 44.7 Å². The summed E-state index contributed by atoms with van der Waals surface area (Å²) < 4.78 is 12.7. The van der Waals surface area contributed by atoms with Gasteiger partial charge in [0.15, 0.2) is 17.1 Å². The van der Waals surface area contributed by atoms with Crippen molar-refractivity contribution in [3.8, 4) is 17.5 Å². The van der Waals surface area contributed by atoms with Crippen molar-refractivity contribution in [3.05, 3.63) is 41.7 Å². The lowest BCUT2D eigenvalue weighted by molar-refractivity contribution is -0.115. The number of amides is 3. The first-order valence-electron chi connectivity index (χ1n) is 9.28. The average Bonchev–Trinajstić information content (AvgIpc) is 3.37. The van der Waals surface area contributed by atoms with Crippen molar-refractivity contribution in [2.24, 2.45) is 0 Å². The van der Waals surface area contributed by atoms with Crippen LogP contribution in [0.5, 0.6) is 17.5 Å². The first kappa shape index (κ1) is 17.9. The van der Waals surface area contributed by atoms with E-state index in [0.29, 0.717) is 34.7 Å². The molecule has 30 heavy (non-hydrogen) atoms. The molecular formula is C19H17N7O4. The summed E-state index contributed by atoms with van der Waals surface area (Å²) in [6.07, 6.45) is 5.13. The Bertz CT molecular complexity index is 1200. The molecule has 3 heterocycles. The van der Waals surface area contributed by atoms with E-state index >= 15 is 0 Å². The highest BCUT2D eigenvalue weighted by atomic mass is 16.5. The fraction of sp³-hybridized carbons (Fsp3) is 0.211. The van der Waals surface area contributed by atoms with Gasteiger partial charge in [-0.25, -0.2) is 4.79 Å². The zero-order chi connectivity index (χ0) is 20.7. The lowest BCUT2D eigenvalue weighted by atomic mass is 10.2. The quantitative estimate of drug-likeness (QED) is 0.415. The van der Waals surface area contributed by atoms with Crippen molar-refractivity contribution in [1.82, 2.24) is 30.2 Å². The molecule has 2 fully saturated rings. The minimum atomic E-state index is -0.575. The number of fused-ring (bicyclic) bond motifs is 1. The van der Waals surface area contributed by atoms with Gasteiger partial charge in [0.1, 0.15) is 5.70 Å². The second kappa shape index (κ2) is 7.03. The maximum Gasteiger partial charge on any atom is 0.327 e. The fourth-order valence-electron chi connectivity index (χ4n) is 2.97. The Morgan fingerprint density at radius 3 is 2.67 bits per heavy atom. The van der Waals surface area contributed by atoms with Crippen molar-refractivity contribution < 1.29 is 19.1 Å². The number of methoxy groups -OCH3 is 1. The largest absolute Gasteiger partial charge is 0.493 e. The number of urea groups is 1. The molecule has 3 aromatic rings. The fourth-order valence-corrected chi connectivity index (χ4v) is 2.97. The van der Waals surface area contributed by atoms with Crippen LogP contribution in [0.25, 0.3) is 11.7 Å². The first-order chi connectivity index (χ1) is 14.6. The molecule has 11 heteroatoms. The zero-order valence-corrected chi connectivity index (χ0v) is 15.9. The number of hydrogen-bond donors (Lipinski definition) is 3. The van der Waals surface area contributed by atoms with Gasteiger partial charge in [0.25, 0.3) is 5.91 Å². The Balaban J connectivity index is 1.58. The number of anilines is 1. The molecular weight excluding hydrogens is 390 g/mol. The highest BCUT2D eigenvalue weighted by molar-refractivity contribution is 6.14. The summed E-state index contributed by atoms with van der Waals surface area (Å²) in [6, 6.07) is 7.00. The molecule has 0 radical (unpaired) electrons. The van der Waals surface area contributed by atoms with E-state index < -0.39 is 11.9 Å². The van der Waals surface area contributed by atoms with Gasteiger partial charge in [0.05, 0.1) is 13.3 Å². The molecule has 1 saturated heterocycles. The van der Waals surface area contributed by atoms with Crippen LogP contribution in [0.15, 0.2) is 36.2 Å². The van der Waals surface area contributed by atoms with Gasteiger partial charge in [0, 0.05) is 11.6 Å². The van der Waals surface area contributed by atoms with Crippen molar-refractivity contribution in [3.63, 3.8) is 0 Å². The number of carbonyl (C=O) groups is 2. The van der Waals surface area contributed by atoms with Gasteiger partial charge in [0.2, 0.25) is 5.95 Å². The first-order valence-corrected chi connectivity index (χ1v) is 9.28. The lowest BCUT2D eigenvalue weighted by Crippen LogP contribution is -2.22. The third kappa shape index (κ3) is 3.36. The van der Waals surface area contributed by atoms with Crippen LogP contribution >= 0.6 is 0 Å². The number of nitrogens with one attached hydrogen (secondary N) is 3. The Morgan fingerprint density at radius 1 is 1.17 bits per heavy atom. The van der Waals surface area contributed by atoms with Gasteiger partial charge >= 0.3 is 12.0 Å². The maximum absolute atomic E-state index is 11.9. The number of imide groups is 1. The molecule has 11 nitrogen and oxygen atoms in total. The molecule has 1 aliphatic carbocycles. The van der Waals surface area contributed by atoms with Gasteiger partial charge < -0.3 is 20.1 Å². The Labute approximate surface area is 170 Å². The minimum Gasteiger partial charge on any atom is -0.493 e. The summed E-state index contributed by atoms with van der Waals surface area (Å²) in [7, 11) is 1.55. The van der Waals surface area contributed by atoms with E-state index in [4.69, 9.17) is 9.47 Å². The summed E-state index contributed by atoms with van der Waals surface area (Å²) in [5.41, 5.74) is 1.05. The van der Waals surface area contributed by atoms with Crippen LogP contribution in [-0.2, 0) is 4.79 Å². The van der Waals surface area contributed by atoms with Gasteiger partial charge in [-0.3, -0.25) is 10.1 Å². The number of benzene rings is 1. The Morgan fingerprint density at radius 2 is 1.97 bits per heavy atom. The van der Waals surface area contributed by atoms with Gasteiger partial charge in [-0.1, -0.05) is 12.1 Å². The number of hydrogen-bond acceptors (Lipinski definition) is 8. The summed E-state index contributed by atoms with van der Waals surface area (Å²) in [6.45, 7) is 0. The van der Waals surface area contributed by atoms with Crippen LogP contribution in [0.4, 0.5) is 10.7 Å². The standard InChI is InChI=1S/C19H17N7O4/c1-29-13-4-2-3-5-14(13)30-19-23-15-10(8-12-16(27)24-18(28)22-12)9-20-26(15)17(25-19)21-11-6-7-11/h2-5,8-9,11H,6-7H2,1H3,(H,21,23,25)(H2,22,24,27,28)/b12-8-. The third-order valence-corrected chi connectivity index (χ3v) is 4.58. The Hall–Kier alpha value is -4.15. The predicted molar refractivity (Wildman–Crippen MR) is 105 cm³/mol. The molecule has 2 aliphatic rings. The maximum atomic E-state index is 11.9. The number of carbonyl (C=O) groups excluding carboxylic acids is 2. The second-order valence-corrected chi connectivity index (χ2v) is 6.80. The van der Waals surface area contributed by atoms with E-state index in [2.05, 4.69) is 31.0 Å². The number of ether oxygens (including phenoxy) is 2. The van der Waals surface area contributed by atoms with Crippen molar-refractivity contribution >= 4 is 29.6 Å². The zero-order valence-electron chi connectivity index (χ0n) is 15.9. The number of nitrogens with zero attached hydrogens (tertiary/aromatic N) is 4. The van der Waals surface area contributed by atoms with Gasteiger partial charge in [-0.05, 0) is 31.1 Å². The Kier molecular flexibility index (Phi) is 4.20. The number of para-hydroxylation sites is 2. The molecule has 3 amide bonds. The van der Waals surface area contributed by atoms with E-state index in [0.717, 1.165) is 12.8 Å². The van der Waals surface area contributed by atoms with E-state index in [1.54, 1.807) is 25.4 Å². The molecule has 0 bridgehead atoms. The van der Waals surface area contributed by atoms with E-state index in [-0.39, 0.29) is 11.7 Å². The van der Waals surface area contributed by atoms with E-state index in [1.165, 1.54) is 10.6 Å². The number of aromatic nitrogens is 4. The summed E-state index contributed by atoms with van der Waals surface area (Å²) in [4.78, 5) is 32.2. The van der Waals surface area contributed by atoms with E-state index in [9.17, 15) is 9.59 Å². The average molecular weight is 407 g/mol. The third-order valence-electron chi connectivity index (χ3n) is 4.58. The number of rotatable bonds is 6. The molecule has 5 rings (SSSR count). The molecule has 1 aliphatic heterocycles. The molecule has 1 aromatic carbocycles. The lowest BCUT2D eigenvalue weighted by Gasteiger charge is -2.11. The van der Waals surface area contributed by atoms with Gasteiger partial charge in [-0.2, -0.15) is 19.6 Å². The van der Waals surface area contributed by atoms with Crippen molar-refractivity contribution in [2.75, 3.05) is 12.4 Å². The molecule has 1 saturated carbocycles. The van der Waals surface area contributed by atoms with Gasteiger partial charge in [-0.15, -0.1) is 0 Å². The van der Waals surface area contributed by atoms with Crippen LogP contribution in [0, 0.1) is 0 Å². The predicted octanol–water partition coefficient (Wildman–Crippen LogP) is 1.68. The molecule has 0 atom stereocenters. The minimum absolute atomic E-state index is 0.0928. The van der Waals surface area contributed by atoms with Crippen LogP contribution in [0.3, 0.4) is 0 Å². The monoisotopic (exact) mass is 407 g/mol. The topological polar surface area (TPSA) is 132 Å². The molecule has 3 N–H and O–H groups in total. The highest BCUT2D eigenvalue weighted by Gasteiger charge is 2.26. The van der Waals surface area contributed by atoms with E-state index in [1.807, 2.05) is 12.1 Å². The van der Waals surface area contributed by atoms with Crippen molar-refractivity contribution in [1.29, 1.82) is 0 Å². The molecule has 152 valence electrons. The highest BCUT2D eigenvalue weighted by Crippen LogP contribution is 2.31. The normalized spacial score (nSPS) is 17.2. The van der Waals surface area contributed by atoms with Crippen molar-refractivity contribution in [2.45, 2.75) is 18.9 Å². The van der Waals surface area contributed by atoms with Crippen LogP contribution in [0.2, 0.25) is 0 Å². The summed E-state index contributed by atoms with van der Waals surface area (Å²) >= 11 is 0. The summed E-state index contributed by atoms with van der Waals surface area (Å²) in [5, 5.41) is 12.2. The molecule has 2 aromatic heterocycles. The SMILES string of the molecule is COc1ccccc1Oc1nc(NC2CC2)n2ncc(/C=C3\NC(=O)NC3=O)c2n1.